The van der Waals surface area contributed by atoms with Crippen LogP contribution in [0.15, 0.2) is 16.9 Å². The Balaban J connectivity index is 3.28. The highest BCUT2D eigenvalue weighted by atomic mass is 16.2. The molecule has 88 valence electrons. The second-order valence-electron chi connectivity index (χ2n) is 4.01. The van der Waals surface area contributed by atoms with E-state index in [2.05, 4.69) is 0 Å². The number of nitrogens with two attached hydrogens (primary N) is 1. The standard InChI is InChI=1S/C11H17N3O2/c1-7-5-6-9(12)11(16)14(7)8(2)10(15)13(3)4/h5-6,8H,12H2,1-4H3/t8-/m1/s1. The molecule has 1 aromatic heterocycles. The highest BCUT2D eigenvalue weighted by Gasteiger charge is 2.19. The molecule has 1 atom stereocenters. The third-order valence-electron chi connectivity index (χ3n) is 2.54. The van der Waals surface area contributed by atoms with E-state index in [1.54, 1.807) is 40.1 Å². The summed E-state index contributed by atoms with van der Waals surface area (Å²) in [7, 11) is 3.32. The topological polar surface area (TPSA) is 68.3 Å². The zero-order chi connectivity index (χ0) is 12.5. The summed E-state index contributed by atoms with van der Waals surface area (Å²) in [5, 5.41) is 0. The summed E-state index contributed by atoms with van der Waals surface area (Å²) in [6.07, 6.45) is 0. The second-order valence-corrected chi connectivity index (χ2v) is 4.01. The Morgan fingerprint density at radius 3 is 2.50 bits per heavy atom. The quantitative estimate of drug-likeness (QED) is 0.788. The minimum Gasteiger partial charge on any atom is -0.394 e. The maximum Gasteiger partial charge on any atom is 0.274 e. The number of hydrogen-bond donors (Lipinski definition) is 1. The number of nitrogens with zero attached hydrogens (tertiary/aromatic N) is 2. The van der Waals surface area contributed by atoms with Gasteiger partial charge in [-0.25, -0.2) is 0 Å². The molecule has 0 aliphatic heterocycles. The van der Waals surface area contributed by atoms with Crippen molar-refractivity contribution >= 4 is 11.6 Å². The van der Waals surface area contributed by atoms with Gasteiger partial charge in [0.1, 0.15) is 6.04 Å². The van der Waals surface area contributed by atoms with Crippen LogP contribution in [-0.2, 0) is 4.79 Å². The lowest BCUT2D eigenvalue weighted by Gasteiger charge is -2.21. The lowest BCUT2D eigenvalue weighted by atomic mass is 10.2. The number of likely N-dealkylation sites (N-methyl/N-ethyl adjacent to an activating group) is 1. The molecule has 1 rings (SSSR count). The number of aromatic nitrogens is 1. The van der Waals surface area contributed by atoms with Crippen LogP contribution in [0.1, 0.15) is 18.7 Å². The summed E-state index contributed by atoms with van der Waals surface area (Å²) in [5.41, 5.74) is 6.11. The number of pyridine rings is 1. The highest BCUT2D eigenvalue weighted by Crippen LogP contribution is 2.10. The molecule has 0 unspecified atom stereocenters. The van der Waals surface area contributed by atoms with Crippen molar-refractivity contribution in [3.8, 4) is 0 Å². The second kappa shape index (κ2) is 4.38. The number of anilines is 1. The number of carbonyl (C=O) groups excluding carboxylic acids is 1. The van der Waals surface area contributed by atoms with Gasteiger partial charge < -0.3 is 10.6 Å². The van der Waals surface area contributed by atoms with Crippen molar-refractivity contribution in [3.05, 3.63) is 28.2 Å². The Morgan fingerprint density at radius 1 is 1.44 bits per heavy atom. The van der Waals surface area contributed by atoms with Crippen molar-refractivity contribution in [2.45, 2.75) is 19.9 Å². The van der Waals surface area contributed by atoms with Crippen molar-refractivity contribution in [2.24, 2.45) is 0 Å². The van der Waals surface area contributed by atoms with E-state index in [1.807, 2.05) is 0 Å². The lowest BCUT2D eigenvalue weighted by molar-refractivity contribution is -0.131. The molecule has 1 heterocycles. The van der Waals surface area contributed by atoms with Crippen molar-refractivity contribution in [3.63, 3.8) is 0 Å². The fourth-order valence-electron chi connectivity index (χ4n) is 1.63. The third kappa shape index (κ3) is 2.08. The van der Waals surface area contributed by atoms with Crippen molar-refractivity contribution in [1.82, 2.24) is 9.47 Å². The van der Waals surface area contributed by atoms with Gasteiger partial charge in [0.2, 0.25) is 5.91 Å². The fourth-order valence-corrected chi connectivity index (χ4v) is 1.63. The van der Waals surface area contributed by atoms with Crippen LogP contribution in [0.3, 0.4) is 0 Å². The zero-order valence-corrected chi connectivity index (χ0v) is 10.0. The summed E-state index contributed by atoms with van der Waals surface area (Å²) in [4.78, 5) is 25.1. The summed E-state index contributed by atoms with van der Waals surface area (Å²) >= 11 is 0. The Labute approximate surface area is 94.5 Å². The SMILES string of the molecule is Cc1ccc(N)c(=O)n1[C@H](C)C(=O)N(C)C. The first-order valence-electron chi connectivity index (χ1n) is 5.05. The van der Waals surface area contributed by atoms with E-state index in [1.165, 1.54) is 9.47 Å². The van der Waals surface area contributed by atoms with Gasteiger partial charge in [0.05, 0.1) is 5.69 Å². The van der Waals surface area contributed by atoms with Gasteiger partial charge in [0, 0.05) is 19.8 Å². The zero-order valence-electron chi connectivity index (χ0n) is 10.0. The number of rotatable bonds is 2. The average molecular weight is 223 g/mol. The molecule has 0 bridgehead atoms. The van der Waals surface area contributed by atoms with Crippen molar-refractivity contribution in [2.75, 3.05) is 19.8 Å². The van der Waals surface area contributed by atoms with E-state index in [9.17, 15) is 9.59 Å². The number of aryl methyl sites for hydroxylation is 1. The normalized spacial score (nSPS) is 12.2. The van der Waals surface area contributed by atoms with Crippen molar-refractivity contribution < 1.29 is 4.79 Å². The van der Waals surface area contributed by atoms with Crippen LogP contribution in [0.5, 0.6) is 0 Å². The maximum absolute atomic E-state index is 11.8. The molecule has 0 saturated carbocycles. The molecule has 16 heavy (non-hydrogen) atoms. The van der Waals surface area contributed by atoms with E-state index >= 15 is 0 Å². The molecule has 1 amide bonds. The van der Waals surface area contributed by atoms with Gasteiger partial charge in [0.25, 0.3) is 5.56 Å². The van der Waals surface area contributed by atoms with E-state index in [0.717, 1.165) is 5.69 Å². The van der Waals surface area contributed by atoms with Gasteiger partial charge in [-0.2, -0.15) is 0 Å². The third-order valence-corrected chi connectivity index (χ3v) is 2.54. The van der Waals surface area contributed by atoms with Crippen LogP contribution in [0, 0.1) is 6.92 Å². The Kier molecular flexibility index (Phi) is 3.37. The van der Waals surface area contributed by atoms with Crippen LogP contribution in [0.2, 0.25) is 0 Å². The molecular formula is C11H17N3O2. The minimum absolute atomic E-state index is 0.129. The first kappa shape index (κ1) is 12.3. The van der Waals surface area contributed by atoms with Gasteiger partial charge >= 0.3 is 0 Å². The number of carbonyl (C=O) groups is 1. The van der Waals surface area contributed by atoms with Gasteiger partial charge in [-0.3, -0.25) is 14.2 Å². The highest BCUT2D eigenvalue weighted by molar-refractivity contribution is 5.79. The molecule has 2 N–H and O–H groups in total. The molecule has 0 aromatic carbocycles. The first-order valence-corrected chi connectivity index (χ1v) is 5.05. The van der Waals surface area contributed by atoms with Crippen LogP contribution >= 0.6 is 0 Å². The van der Waals surface area contributed by atoms with Crippen LogP contribution in [0.4, 0.5) is 5.69 Å². The average Bonchev–Trinajstić information content (AvgIpc) is 2.22. The lowest BCUT2D eigenvalue weighted by Crippen LogP contribution is -2.36. The largest absolute Gasteiger partial charge is 0.394 e. The maximum atomic E-state index is 11.8. The molecule has 5 heteroatoms. The summed E-state index contributed by atoms with van der Waals surface area (Å²) < 4.78 is 1.41. The van der Waals surface area contributed by atoms with E-state index in [-0.39, 0.29) is 17.2 Å². The first-order chi connectivity index (χ1) is 7.36. The fraction of sp³-hybridized carbons (Fsp3) is 0.455. The van der Waals surface area contributed by atoms with Crippen molar-refractivity contribution in [1.29, 1.82) is 0 Å². The number of hydrogen-bond acceptors (Lipinski definition) is 3. The summed E-state index contributed by atoms with van der Waals surface area (Å²) in [6.45, 7) is 3.47. The summed E-state index contributed by atoms with van der Waals surface area (Å²) in [5.74, 6) is -0.129. The Hall–Kier alpha value is -1.78. The van der Waals surface area contributed by atoms with Gasteiger partial charge in [-0.15, -0.1) is 0 Å². The van der Waals surface area contributed by atoms with Crippen LogP contribution < -0.4 is 11.3 Å². The predicted octanol–water partition coefficient (Wildman–Crippen LogP) is 0.388. The molecule has 0 aliphatic rings. The molecule has 0 saturated heterocycles. The van der Waals surface area contributed by atoms with Gasteiger partial charge in [-0.05, 0) is 26.0 Å². The Bertz CT molecular complexity index is 463. The van der Waals surface area contributed by atoms with E-state index in [0.29, 0.717) is 0 Å². The van der Waals surface area contributed by atoms with Gasteiger partial charge in [0.15, 0.2) is 0 Å². The summed E-state index contributed by atoms with van der Waals surface area (Å²) in [6, 6.07) is 2.75. The van der Waals surface area contributed by atoms with E-state index in [4.69, 9.17) is 5.73 Å². The molecule has 0 radical (unpaired) electrons. The monoisotopic (exact) mass is 223 g/mol. The van der Waals surface area contributed by atoms with Crippen LogP contribution in [-0.4, -0.2) is 29.5 Å². The van der Waals surface area contributed by atoms with Crippen LogP contribution in [0.25, 0.3) is 0 Å². The molecule has 0 aliphatic carbocycles. The number of nitrogen functional groups attached to an aromatic ring is 1. The molecule has 1 aromatic rings. The molecule has 5 nitrogen and oxygen atoms in total. The van der Waals surface area contributed by atoms with Gasteiger partial charge in [-0.1, -0.05) is 0 Å². The molecule has 0 spiro atoms. The smallest absolute Gasteiger partial charge is 0.274 e. The Morgan fingerprint density at radius 2 is 2.00 bits per heavy atom. The molecule has 0 fully saturated rings. The van der Waals surface area contributed by atoms with E-state index < -0.39 is 6.04 Å². The predicted molar refractivity (Wildman–Crippen MR) is 63.3 cm³/mol. The number of amides is 1. The molecular weight excluding hydrogens is 206 g/mol. The minimum atomic E-state index is -0.536.